The Bertz CT molecular complexity index is 1310. The molecule has 0 aromatic heterocycles. The van der Waals surface area contributed by atoms with Crippen molar-refractivity contribution in [1.29, 1.82) is 0 Å². The number of amides is 1. The van der Waals surface area contributed by atoms with Crippen LogP contribution < -0.4 is 9.47 Å². The van der Waals surface area contributed by atoms with E-state index in [0.717, 1.165) is 27.9 Å². The smallest absolute Gasteiger partial charge is 0.266 e. The summed E-state index contributed by atoms with van der Waals surface area (Å²) < 4.78 is 11.9. The maximum atomic E-state index is 13.2. The van der Waals surface area contributed by atoms with Gasteiger partial charge in [0.05, 0.1) is 17.2 Å². The van der Waals surface area contributed by atoms with Gasteiger partial charge in [-0.2, -0.15) is 0 Å². The second kappa shape index (κ2) is 11.5. The second-order valence-electron chi connectivity index (χ2n) is 8.71. The van der Waals surface area contributed by atoms with Gasteiger partial charge in [-0.1, -0.05) is 54.1 Å². The number of likely N-dealkylation sites (N-methyl/N-ethyl adjacent to an activating group) is 1. The first-order chi connectivity index (χ1) is 17.4. The molecular weight excluding hydrogens is 468 g/mol. The molecule has 0 radical (unpaired) electrons. The number of thioether (sulfide) groups is 1. The summed E-state index contributed by atoms with van der Waals surface area (Å²) in [5.41, 5.74) is 6.27. The monoisotopic (exact) mass is 500 g/mol. The average molecular weight is 501 g/mol. The molecule has 1 amide bonds. The van der Waals surface area contributed by atoms with Gasteiger partial charge in [-0.25, -0.2) is 4.99 Å². The summed E-state index contributed by atoms with van der Waals surface area (Å²) in [4.78, 5) is 20.4. The molecule has 1 heterocycles. The maximum Gasteiger partial charge on any atom is 0.266 e. The fourth-order valence-electron chi connectivity index (χ4n) is 4.06. The lowest BCUT2D eigenvalue weighted by Gasteiger charge is -2.13. The van der Waals surface area contributed by atoms with E-state index in [9.17, 15) is 4.79 Å². The Labute approximate surface area is 217 Å². The summed E-state index contributed by atoms with van der Waals surface area (Å²) >= 11 is 1.41. The highest BCUT2D eigenvalue weighted by atomic mass is 32.2. The van der Waals surface area contributed by atoms with Crippen LogP contribution in [-0.2, 0) is 11.4 Å². The molecule has 1 aliphatic heterocycles. The predicted molar refractivity (Wildman–Crippen MR) is 149 cm³/mol. The molecule has 1 saturated heterocycles. The van der Waals surface area contributed by atoms with Crippen LogP contribution in [0.3, 0.4) is 0 Å². The molecule has 0 N–H and O–H groups in total. The van der Waals surface area contributed by atoms with Crippen molar-refractivity contribution in [2.24, 2.45) is 4.99 Å². The number of rotatable bonds is 8. The van der Waals surface area contributed by atoms with Crippen LogP contribution in [0, 0.1) is 20.8 Å². The van der Waals surface area contributed by atoms with Gasteiger partial charge in [-0.05, 0) is 86.8 Å². The summed E-state index contributed by atoms with van der Waals surface area (Å²) in [6.07, 6.45) is 1.90. The molecule has 4 rings (SSSR count). The van der Waals surface area contributed by atoms with Gasteiger partial charge in [0, 0.05) is 6.54 Å². The van der Waals surface area contributed by atoms with Crippen molar-refractivity contribution in [3.63, 3.8) is 0 Å². The number of nitrogens with zero attached hydrogens (tertiary/aromatic N) is 2. The molecule has 0 atom stereocenters. The first kappa shape index (κ1) is 25.6. The fourth-order valence-corrected chi connectivity index (χ4v) is 5.11. The van der Waals surface area contributed by atoms with Gasteiger partial charge in [0.1, 0.15) is 6.61 Å². The number of ether oxygens (including phenoxy) is 2. The van der Waals surface area contributed by atoms with Crippen LogP contribution in [0.5, 0.6) is 11.5 Å². The minimum Gasteiger partial charge on any atom is -0.490 e. The standard InChI is InChI=1S/C30H32N2O3S/c1-6-32-29(33)27(36-30(32)31-28-21(4)11-9-12-22(28)5)18-23-14-15-25(26(17-23)34-7-2)35-19-24-13-8-10-20(3)16-24/h8-18H,6-7,19H2,1-5H3/b27-18+,31-30?. The third kappa shape index (κ3) is 5.82. The van der Waals surface area contributed by atoms with E-state index in [1.807, 2.05) is 82.3 Å². The Hall–Kier alpha value is -3.51. The Morgan fingerprint density at radius 2 is 1.67 bits per heavy atom. The van der Waals surface area contributed by atoms with Crippen molar-refractivity contribution in [1.82, 2.24) is 4.90 Å². The Morgan fingerprint density at radius 3 is 2.36 bits per heavy atom. The van der Waals surface area contributed by atoms with Gasteiger partial charge < -0.3 is 9.47 Å². The first-order valence-corrected chi connectivity index (χ1v) is 13.0. The predicted octanol–water partition coefficient (Wildman–Crippen LogP) is 7.21. The number of benzene rings is 3. The molecule has 0 spiro atoms. The maximum absolute atomic E-state index is 13.2. The molecule has 1 fully saturated rings. The van der Waals surface area contributed by atoms with Crippen LogP contribution in [0.15, 0.2) is 70.6 Å². The van der Waals surface area contributed by atoms with Crippen molar-refractivity contribution >= 4 is 34.6 Å². The minimum atomic E-state index is -0.0368. The molecule has 36 heavy (non-hydrogen) atoms. The molecule has 1 aliphatic rings. The van der Waals surface area contributed by atoms with Crippen LogP contribution >= 0.6 is 11.8 Å². The second-order valence-corrected chi connectivity index (χ2v) is 9.72. The number of hydrogen-bond acceptors (Lipinski definition) is 5. The van der Waals surface area contributed by atoms with Gasteiger partial charge in [0.15, 0.2) is 16.7 Å². The van der Waals surface area contributed by atoms with Crippen LogP contribution in [0.2, 0.25) is 0 Å². The lowest BCUT2D eigenvalue weighted by atomic mass is 10.1. The van der Waals surface area contributed by atoms with E-state index in [-0.39, 0.29) is 5.91 Å². The summed E-state index contributed by atoms with van der Waals surface area (Å²) in [6, 6.07) is 20.1. The number of carbonyl (C=O) groups is 1. The first-order valence-electron chi connectivity index (χ1n) is 12.2. The number of amidine groups is 1. The van der Waals surface area contributed by atoms with Gasteiger partial charge in [0.25, 0.3) is 5.91 Å². The number of aryl methyl sites for hydroxylation is 3. The highest BCUT2D eigenvalue weighted by Gasteiger charge is 2.32. The highest BCUT2D eigenvalue weighted by molar-refractivity contribution is 8.18. The van der Waals surface area contributed by atoms with E-state index < -0.39 is 0 Å². The van der Waals surface area contributed by atoms with Crippen LogP contribution in [0.4, 0.5) is 5.69 Å². The highest BCUT2D eigenvalue weighted by Crippen LogP contribution is 2.37. The van der Waals surface area contributed by atoms with Gasteiger partial charge in [-0.15, -0.1) is 0 Å². The quantitative estimate of drug-likeness (QED) is 0.307. The molecule has 0 unspecified atom stereocenters. The van der Waals surface area contributed by atoms with Crippen molar-refractivity contribution in [2.75, 3.05) is 13.2 Å². The Kier molecular flexibility index (Phi) is 8.16. The molecule has 0 saturated carbocycles. The van der Waals surface area contributed by atoms with Crippen LogP contribution in [-0.4, -0.2) is 29.1 Å². The molecular formula is C30H32N2O3S. The van der Waals surface area contributed by atoms with E-state index >= 15 is 0 Å². The Balaban J connectivity index is 1.59. The minimum absolute atomic E-state index is 0.0368. The normalized spacial score (nSPS) is 15.7. The molecule has 3 aromatic carbocycles. The van der Waals surface area contributed by atoms with E-state index in [0.29, 0.717) is 41.3 Å². The third-order valence-electron chi connectivity index (χ3n) is 5.89. The van der Waals surface area contributed by atoms with Crippen LogP contribution in [0.25, 0.3) is 6.08 Å². The molecule has 0 aliphatic carbocycles. The van der Waals surface area contributed by atoms with Gasteiger partial charge in [0.2, 0.25) is 0 Å². The van der Waals surface area contributed by atoms with E-state index in [1.165, 1.54) is 17.3 Å². The molecule has 5 nitrogen and oxygen atoms in total. The Morgan fingerprint density at radius 1 is 0.917 bits per heavy atom. The number of para-hydroxylation sites is 1. The molecule has 6 heteroatoms. The number of carbonyl (C=O) groups excluding carboxylic acids is 1. The van der Waals surface area contributed by atoms with Crippen molar-refractivity contribution in [2.45, 2.75) is 41.2 Å². The van der Waals surface area contributed by atoms with Crippen LogP contribution in [0.1, 0.15) is 41.7 Å². The van der Waals surface area contributed by atoms with E-state index in [1.54, 1.807) is 4.90 Å². The zero-order valence-electron chi connectivity index (χ0n) is 21.5. The van der Waals surface area contributed by atoms with E-state index in [4.69, 9.17) is 14.5 Å². The zero-order chi connectivity index (χ0) is 25.7. The van der Waals surface area contributed by atoms with Crippen molar-refractivity contribution in [3.8, 4) is 11.5 Å². The topological polar surface area (TPSA) is 51.1 Å². The molecule has 0 bridgehead atoms. The summed E-state index contributed by atoms with van der Waals surface area (Å²) in [5, 5.41) is 0.703. The van der Waals surface area contributed by atoms with Gasteiger partial charge in [-0.3, -0.25) is 9.69 Å². The van der Waals surface area contributed by atoms with Crippen molar-refractivity contribution < 1.29 is 14.3 Å². The lowest BCUT2D eigenvalue weighted by Crippen LogP contribution is -2.28. The molecule has 3 aromatic rings. The largest absolute Gasteiger partial charge is 0.490 e. The number of hydrogen-bond donors (Lipinski definition) is 0. The average Bonchev–Trinajstić information content (AvgIpc) is 3.15. The SMILES string of the molecule is CCOc1cc(/C=C2/SC(=Nc3c(C)cccc3C)N(CC)C2=O)ccc1OCc1cccc(C)c1. The lowest BCUT2D eigenvalue weighted by molar-refractivity contribution is -0.122. The summed E-state index contributed by atoms with van der Waals surface area (Å²) in [6.45, 7) is 11.6. The summed E-state index contributed by atoms with van der Waals surface area (Å²) in [7, 11) is 0. The summed E-state index contributed by atoms with van der Waals surface area (Å²) in [5.74, 6) is 1.30. The molecule has 186 valence electrons. The number of aliphatic imine (C=N–C) groups is 1. The van der Waals surface area contributed by atoms with Crippen molar-refractivity contribution in [3.05, 3.63) is 93.4 Å². The third-order valence-corrected chi connectivity index (χ3v) is 6.90. The van der Waals surface area contributed by atoms with E-state index in [2.05, 4.69) is 19.1 Å². The van der Waals surface area contributed by atoms with Gasteiger partial charge >= 0.3 is 0 Å². The fraction of sp³-hybridized carbons (Fsp3) is 0.267. The zero-order valence-corrected chi connectivity index (χ0v) is 22.3.